The zero-order valence-corrected chi connectivity index (χ0v) is 15.3. The molecule has 0 amide bonds. The van der Waals surface area contributed by atoms with Crippen molar-refractivity contribution in [3.05, 3.63) is 0 Å². The van der Waals surface area contributed by atoms with Gasteiger partial charge in [0.05, 0.1) is 10.3 Å². The highest BCUT2D eigenvalue weighted by molar-refractivity contribution is 7.99. The third-order valence-electron chi connectivity index (χ3n) is 5.20. The molecular formula is C15H29NO3S2. The fourth-order valence-electron chi connectivity index (χ4n) is 3.64. The summed E-state index contributed by atoms with van der Waals surface area (Å²) in [4.78, 5) is 0. The summed E-state index contributed by atoms with van der Waals surface area (Å²) in [5.74, 6) is 2.58. The Morgan fingerprint density at radius 1 is 1.48 bits per heavy atom. The molecule has 0 saturated carbocycles. The van der Waals surface area contributed by atoms with Gasteiger partial charge >= 0.3 is 0 Å². The highest BCUT2D eigenvalue weighted by atomic mass is 32.2. The molecule has 0 aromatic carbocycles. The van der Waals surface area contributed by atoms with Crippen molar-refractivity contribution in [2.45, 2.75) is 56.4 Å². The summed E-state index contributed by atoms with van der Waals surface area (Å²) in [6.45, 7) is 7.32. The molecular weight excluding hydrogens is 306 g/mol. The quantitative estimate of drug-likeness (QED) is 0.834. The van der Waals surface area contributed by atoms with E-state index >= 15 is 0 Å². The Morgan fingerprint density at radius 2 is 2.19 bits per heavy atom. The number of hydrogen-bond acceptors (Lipinski definition) is 5. The molecule has 0 aromatic heterocycles. The van der Waals surface area contributed by atoms with Crippen molar-refractivity contribution in [3.8, 4) is 0 Å². The molecule has 0 aromatic rings. The van der Waals surface area contributed by atoms with Crippen molar-refractivity contribution in [2.24, 2.45) is 5.92 Å². The number of hydrogen-bond donors (Lipinski definition) is 1. The first-order valence-electron chi connectivity index (χ1n) is 7.86. The predicted molar refractivity (Wildman–Crippen MR) is 89.7 cm³/mol. The van der Waals surface area contributed by atoms with Crippen molar-refractivity contribution >= 4 is 21.6 Å². The van der Waals surface area contributed by atoms with Gasteiger partial charge in [0.25, 0.3) is 0 Å². The number of thioether (sulfide) groups is 1. The molecule has 2 saturated heterocycles. The Bertz CT molecular complexity index is 456. The second-order valence-electron chi connectivity index (χ2n) is 7.00. The Balaban J connectivity index is 2.21. The second-order valence-corrected chi connectivity index (χ2v) is 10.7. The van der Waals surface area contributed by atoms with Crippen molar-refractivity contribution in [1.82, 2.24) is 5.32 Å². The largest absolute Gasteiger partial charge is 0.374 e. The van der Waals surface area contributed by atoms with Crippen LogP contribution in [0, 0.1) is 5.92 Å². The molecule has 4 nitrogen and oxygen atoms in total. The monoisotopic (exact) mass is 335 g/mol. The maximum Gasteiger partial charge on any atom is 0.154 e. The second kappa shape index (κ2) is 6.38. The van der Waals surface area contributed by atoms with Gasteiger partial charge in [-0.25, -0.2) is 8.42 Å². The fourth-order valence-corrected chi connectivity index (χ4v) is 5.76. The summed E-state index contributed by atoms with van der Waals surface area (Å²) >= 11 is 1.96. The third-order valence-corrected chi connectivity index (χ3v) is 8.59. The van der Waals surface area contributed by atoms with E-state index < -0.39 is 14.6 Å². The van der Waals surface area contributed by atoms with Crippen LogP contribution in [0.4, 0.5) is 0 Å². The van der Waals surface area contributed by atoms with E-state index in [1.54, 1.807) is 0 Å². The SMILES string of the molecule is CCNC(C1CCOC2(CCSC2)C1)C(C)(C)S(C)(=O)=O. The minimum Gasteiger partial charge on any atom is -0.374 e. The molecule has 2 aliphatic rings. The van der Waals surface area contributed by atoms with Crippen LogP contribution in [0.2, 0.25) is 0 Å². The van der Waals surface area contributed by atoms with E-state index in [0.29, 0.717) is 5.92 Å². The highest BCUT2D eigenvalue weighted by Crippen LogP contribution is 2.43. The summed E-state index contributed by atoms with van der Waals surface area (Å²) in [6, 6.07) is -0.0103. The Labute approximate surface area is 133 Å². The van der Waals surface area contributed by atoms with Gasteiger partial charge in [-0.2, -0.15) is 11.8 Å². The van der Waals surface area contributed by atoms with Crippen molar-refractivity contribution in [1.29, 1.82) is 0 Å². The smallest absolute Gasteiger partial charge is 0.154 e. The van der Waals surface area contributed by atoms with Gasteiger partial charge < -0.3 is 10.1 Å². The minimum absolute atomic E-state index is 0.00512. The molecule has 0 radical (unpaired) electrons. The van der Waals surface area contributed by atoms with Crippen LogP contribution in [0.15, 0.2) is 0 Å². The van der Waals surface area contributed by atoms with Gasteiger partial charge in [-0.15, -0.1) is 0 Å². The van der Waals surface area contributed by atoms with Crippen LogP contribution < -0.4 is 5.32 Å². The van der Waals surface area contributed by atoms with E-state index in [4.69, 9.17) is 4.74 Å². The molecule has 2 fully saturated rings. The Kier molecular flexibility index (Phi) is 5.34. The lowest BCUT2D eigenvalue weighted by Gasteiger charge is -2.45. The predicted octanol–water partition coefficient (Wildman–Crippen LogP) is 2.09. The van der Waals surface area contributed by atoms with Gasteiger partial charge in [-0.3, -0.25) is 0 Å². The lowest BCUT2D eigenvalue weighted by molar-refractivity contribution is -0.0866. The first-order valence-corrected chi connectivity index (χ1v) is 10.9. The number of ether oxygens (including phenoxy) is 1. The maximum absolute atomic E-state index is 12.2. The van der Waals surface area contributed by atoms with E-state index in [2.05, 4.69) is 5.32 Å². The maximum atomic E-state index is 12.2. The van der Waals surface area contributed by atoms with Gasteiger partial charge in [0.1, 0.15) is 0 Å². The fraction of sp³-hybridized carbons (Fsp3) is 1.00. The van der Waals surface area contributed by atoms with Crippen LogP contribution in [0.3, 0.4) is 0 Å². The van der Waals surface area contributed by atoms with E-state index in [9.17, 15) is 8.42 Å². The molecule has 0 aliphatic carbocycles. The topological polar surface area (TPSA) is 55.4 Å². The molecule has 3 atom stereocenters. The normalized spacial score (nSPS) is 32.5. The molecule has 1 N–H and O–H groups in total. The summed E-state index contributed by atoms with van der Waals surface area (Å²) < 4.78 is 29.8. The van der Waals surface area contributed by atoms with Crippen molar-refractivity contribution in [3.63, 3.8) is 0 Å². The van der Waals surface area contributed by atoms with E-state index in [0.717, 1.165) is 43.9 Å². The summed E-state index contributed by atoms with van der Waals surface area (Å²) in [5, 5.41) is 3.46. The van der Waals surface area contributed by atoms with Crippen LogP contribution in [0.25, 0.3) is 0 Å². The average Bonchev–Trinajstić information content (AvgIpc) is 2.82. The van der Waals surface area contributed by atoms with Crippen LogP contribution in [-0.4, -0.2) is 55.7 Å². The van der Waals surface area contributed by atoms with Crippen LogP contribution >= 0.6 is 11.8 Å². The summed E-state index contributed by atoms with van der Waals surface area (Å²) in [5.41, 5.74) is -0.00512. The van der Waals surface area contributed by atoms with Crippen LogP contribution in [0.1, 0.15) is 40.0 Å². The van der Waals surface area contributed by atoms with Gasteiger partial charge in [0.2, 0.25) is 0 Å². The molecule has 0 bridgehead atoms. The molecule has 1 spiro atoms. The summed E-state index contributed by atoms with van der Waals surface area (Å²) in [6.07, 6.45) is 4.39. The first kappa shape index (κ1) is 17.6. The molecule has 21 heavy (non-hydrogen) atoms. The van der Waals surface area contributed by atoms with E-state index in [1.807, 2.05) is 32.5 Å². The Hall–Kier alpha value is 0.220. The highest BCUT2D eigenvalue weighted by Gasteiger charge is 2.48. The van der Waals surface area contributed by atoms with Crippen molar-refractivity contribution < 1.29 is 13.2 Å². The van der Waals surface area contributed by atoms with Crippen LogP contribution in [-0.2, 0) is 14.6 Å². The molecule has 3 unspecified atom stereocenters. The number of sulfone groups is 1. The first-order chi connectivity index (χ1) is 9.72. The number of rotatable bonds is 5. The molecule has 124 valence electrons. The number of nitrogens with one attached hydrogen (secondary N) is 1. The molecule has 2 rings (SSSR count). The zero-order valence-electron chi connectivity index (χ0n) is 13.6. The van der Waals surface area contributed by atoms with Crippen molar-refractivity contribution in [2.75, 3.05) is 30.9 Å². The molecule has 6 heteroatoms. The average molecular weight is 336 g/mol. The summed E-state index contributed by atoms with van der Waals surface area (Å²) in [7, 11) is -3.12. The van der Waals surface area contributed by atoms with Gasteiger partial charge in [0, 0.05) is 24.7 Å². The lowest BCUT2D eigenvalue weighted by Crippen LogP contribution is -2.58. The Morgan fingerprint density at radius 3 is 2.71 bits per heavy atom. The molecule has 2 aliphatic heterocycles. The van der Waals surface area contributed by atoms with E-state index in [-0.39, 0.29) is 11.6 Å². The standard InChI is InChI=1S/C15H29NO3S2/c1-5-16-13(14(2,3)21(4,17)18)12-6-8-19-15(10-12)7-9-20-11-15/h12-13,16H,5-11H2,1-4H3. The zero-order chi connectivity index (χ0) is 15.7. The van der Waals surface area contributed by atoms with E-state index in [1.165, 1.54) is 6.26 Å². The van der Waals surface area contributed by atoms with Gasteiger partial charge in [-0.1, -0.05) is 6.92 Å². The van der Waals surface area contributed by atoms with Gasteiger partial charge in [-0.05, 0) is 51.3 Å². The van der Waals surface area contributed by atoms with Gasteiger partial charge in [0.15, 0.2) is 9.84 Å². The van der Waals surface area contributed by atoms with Crippen LogP contribution in [0.5, 0.6) is 0 Å². The lowest BCUT2D eigenvalue weighted by atomic mass is 9.77. The third kappa shape index (κ3) is 3.59. The minimum atomic E-state index is -3.12. The molecule has 2 heterocycles.